The highest BCUT2D eigenvalue weighted by molar-refractivity contribution is 7.99. The van der Waals surface area contributed by atoms with Crippen LogP contribution in [0.3, 0.4) is 0 Å². The lowest BCUT2D eigenvalue weighted by Crippen LogP contribution is -2.09. The van der Waals surface area contributed by atoms with Crippen LogP contribution in [-0.4, -0.2) is 28.8 Å². The number of aryl methyl sites for hydroxylation is 2. The predicted molar refractivity (Wildman–Crippen MR) is 107 cm³/mol. The third kappa shape index (κ3) is 3.99. The van der Waals surface area contributed by atoms with Crippen molar-refractivity contribution >= 4 is 39.3 Å². The Balaban J connectivity index is 1.85. The molecule has 2 aromatic heterocycles. The lowest BCUT2D eigenvalue weighted by molar-refractivity contribution is -0.140. The van der Waals surface area contributed by atoms with Crippen LogP contribution in [0.4, 0.5) is 0 Å². The number of thioether (sulfide) groups is 1. The monoisotopic (exact) mass is 388 g/mol. The summed E-state index contributed by atoms with van der Waals surface area (Å²) in [5.74, 6) is 0.470. The number of fused-ring (bicyclic) bond motifs is 1. The number of thiophene rings is 1. The Morgan fingerprint density at radius 2 is 2.12 bits per heavy atom. The minimum absolute atomic E-state index is 0.123. The number of carbonyl (C=O) groups excluding carboxylic acids is 1. The van der Waals surface area contributed by atoms with Gasteiger partial charge in [0.15, 0.2) is 5.16 Å². The Labute approximate surface area is 159 Å². The van der Waals surface area contributed by atoms with Gasteiger partial charge >= 0.3 is 5.97 Å². The second-order valence-electron chi connectivity index (χ2n) is 6.05. The first-order valence-corrected chi connectivity index (χ1v) is 10.1. The van der Waals surface area contributed by atoms with Gasteiger partial charge in [0.2, 0.25) is 0 Å². The van der Waals surface area contributed by atoms with Gasteiger partial charge in [0, 0.05) is 23.1 Å². The number of benzene rings is 1. The third-order valence-electron chi connectivity index (χ3n) is 4.09. The van der Waals surface area contributed by atoms with Crippen molar-refractivity contribution in [3.63, 3.8) is 0 Å². The van der Waals surface area contributed by atoms with E-state index in [0.29, 0.717) is 29.1 Å². The van der Waals surface area contributed by atoms with E-state index in [1.54, 1.807) is 0 Å². The highest BCUT2D eigenvalue weighted by Gasteiger charge is 2.14. The molecule has 0 saturated heterocycles. The Morgan fingerprint density at radius 1 is 1.31 bits per heavy atom. The molecule has 1 aromatic carbocycles. The molecule has 26 heavy (non-hydrogen) atoms. The second kappa shape index (κ2) is 8.05. The van der Waals surface area contributed by atoms with Gasteiger partial charge < -0.3 is 9.72 Å². The number of carbonyl (C=O) groups is 1. The molecule has 3 aromatic rings. The number of hydrogen-bond donors (Lipinski definition) is 1. The highest BCUT2D eigenvalue weighted by Crippen LogP contribution is 2.33. The van der Waals surface area contributed by atoms with Crippen molar-refractivity contribution in [2.75, 3.05) is 12.9 Å². The van der Waals surface area contributed by atoms with Crippen LogP contribution >= 0.6 is 23.1 Å². The number of aromatic amines is 1. The Kier molecular flexibility index (Phi) is 5.78. The molecule has 3 rings (SSSR count). The molecule has 2 heterocycles. The van der Waals surface area contributed by atoms with Gasteiger partial charge in [-0.1, -0.05) is 35.5 Å². The summed E-state index contributed by atoms with van der Waals surface area (Å²) in [6, 6.07) is 6.23. The molecule has 0 fully saturated rings. The number of aromatic nitrogens is 2. The second-order valence-corrected chi connectivity index (χ2v) is 7.99. The van der Waals surface area contributed by atoms with Crippen LogP contribution in [0.1, 0.15) is 24.0 Å². The van der Waals surface area contributed by atoms with Gasteiger partial charge in [-0.2, -0.15) is 0 Å². The molecule has 0 unspecified atom stereocenters. The van der Waals surface area contributed by atoms with Crippen LogP contribution in [-0.2, 0) is 9.53 Å². The van der Waals surface area contributed by atoms with Crippen LogP contribution in [0.5, 0.6) is 0 Å². The Bertz CT molecular complexity index is 1010. The molecule has 0 spiro atoms. The molecule has 0 radical (unpaired) electrons. The molecular formula is C19H20N2O3S2. The van der Waals surface area contributed by atoms with Crippen molar-refractivity contribution in [2.24, 2.45) is 0 Å². The molecule has 136 valence electrons. The average Bonchev–Trinajstić information content (AvgIpc) is 3.03. The summed E-state index contributed by atoms with van der Waals surface area (Å²) in [6.45, 7) is 4.11. The van der Waals surface area contributed by atoms with Gasteiger partial charge in [-0.05, 0) is 31.4 Å². The van der Waals surface area contributed by atoms with E-state index in [2.05, 4.69) is 46.8 Å². The van der Waals surface area contributed by atoms with Crippen molar-refractivity contribution in [1.82, 2.24) is 9.97 Å². The maximum Gasteiger partial charge on any atom is 0.305 e. The summed E-state index contributed by atoms with van der Waals surface area (Å²) in [6.07, 6.45) is 1.04. The highest BCUT2D eigenvalue weighted by atomic mass is 32.2. The fourth-order valence-corrected chi connectivity index (χ4v) is 4.60. The minimum Gasteiger partial charge on any atom is -0.469 e. The van der Waals surface area contributed by atoms with Gasteiger partial charge in [-0.3, -0.25) is 9.59 Å². The number of nitrogens with zero attached hydrogens (tertiary/aromatic N) is 1. The van der Waals surface area contributed by atoms with Crippen molar-refractivity contribution in [1.29, 1.82) is 0 Å². The zero-order chi connectivity index (χ0) is 18.7. The lowest BCUT2D eigenvalue weighted by Gasteiger charge is -2.06. The topological polar surface area (TPSA) is 72.0 Å². The number of H-pyrrole nitrogens is 1. The molecule has 0 bridgehead atoms. The summed E-state index contributed by atoms with van der Waals surface area (Å²) >= 11 is 2.92. The summed E-state index contributed by atoms with van der Waals surface area (Å²) in [5, 5.41) is 3.22. The molecule has 0 saturated carbocycles. The molecule has 0 aliphatic heterocycles. The molecule has 1 N–H and O–H groups in total. The summed E-state index contributed by atoms with van der Waals surface area (Å²) < 4.78 is 4.62. The van der Waals surface area contributed by atoms with Crippen molar-refractivity contribution in [3.05, 3.63) is 45.1 Å². The molecule has 0 amide bonds. The fourth-order valence-electron chi connectivity index (χ4n) is 2.80. The number of rotatable bonds is 6. The van der Waals surface area contributed by atoms with E-state index < -0.39 is 0 Å². The number of methoxy groups -OCH3 is 1. The van der Waals surface area contributed by atoms with Gasteiger partial charge in [-0.15, -0.1) is 11.3 Å². The number of hydrogen-bond acceptors (Lipinski definition) is 6. The standard InChI is InChI=1S/C19H20N2O3S2/c1-11-6-7-13(12(2)9-11)14-10-26-18-16(14)17(23)20-19(21-18)25-8-4-5-15(22)24-3/h6-7,9-10H,4-5,8H2,1-3H3,(H,20,21,23). The number of ether oxygens (including phenoxy) is 1. The quantitative estimate of drug-likeness (QED) is 0.295. The van der Waals surface area contributed by atoms with Gasteiger partial charge in [0.05, 0.1) is 12.5 Å². The van der Waals surface area contributed by atoms with E-state index in [1.165, 1.54) is 35.8 Å². The summed E-state index contributed by atoms with van der Waals surface area (Å²) in [7, 11) is 1.38. The molecule has 0 atom stereocenters. The first-order chi connectivity index (χ1) is 12.5. The normalized spacial score (nSPS) is 11.0. The zero-order valence-corrected chi connectivity index (χ0v) is 16.6. The summed E-state index contributed by atoms with van der Waals surface area (Å²) in [5.41, 5.74) is 4.21. The first kappa shape index (κ1) is 18.7. The van der Waals surface area contributed by atoms with E-state index in [0.717, 1.165) is 21.5 Å². The molecular weight excluding hydrogens is 368 g/mol. The SMILES string of the molecule is COC(=O)CCCSc1nc2scc(-c3ccc(C)cc3C)c2c(=O)[nH]1. The van der Waals surface area contributed by atoms with Crippen molar-refractivity contribution in [3.8, 4) is 11.1 Å². The Morgan fingerprint density at radius 3 is 2.85 bits per heavy atom. The predicted octanol–water partition coefficient (Wildman–Crippen LogP) is 4.31. The van der Waals surface area contributed by atoms with Crippen LogP contribution < -0.4 is 5.56 Å². The smallest absolute Gasteiger partial charge is 0.305 e. The van der Waals surface area contributed by atoms with E-state index in [9.17, 15) is 9.59 Å². The van der Waals surface area contributed by atoms with Crippen LogP contribution in [0, 0.1) is 13.8 Å². The number of esters is 1. The van der Waals surface area contributed by atoms with Crippen LogP contribution in [0.2, 0.25) is 0 Å². The lowest BCUT2D eigenvalue weighted by atomic mass is 9.99. The molecule has 7 heteroatoms. The summed E-state index contributed by atoms with van der Waals surface area (Å²) in [4.78, 5) is 32.0. The Hall–Kier alpha value is -2.12. The van der Waals surface area contributed by atoms with Crippen molar-refractivity contribution in [2.45, 2.75) is 31.8 Å². The third-order valence-corrected chi connectivity index (χ3v) is 5.92. The van der Waals surface area contributed by atoms with Crippen molar-refractivity contribution < 1.29 is 9.53 Å². The largest absolute Gasteiger partial charge is 0.469 e. The zero-order valence-electron chi connectivity index (χ0n) is 14.9. The maximum absolute atomic E-state index is 12.6. The van der Waals surface area contributed by atoms with Gasteiger partial charge in [0.25, 0.3) is 5.56 Å². The van der Waals surface area contributed by atoms with E-state index in [4.69, 9.17) is 0 Å². The van der Waals surface area contributed by atoms with Crippen LogP contribution in [0.25, 0.3) is 21.3 Å². The minimum atomic E-state index is -0.223. The molecule has 0 aliphatic carbocycles. The molecule has 5 nitrogen and oxygen atoms in total. The van der Waals surface area contributed by atoms with Gasteiger partial charge in [0.1, 0.15) is 4.83 Å². The number of nitrogens with one attached hydrogen (secondary N) is 1. The van der Waals surface area contributed by atoms with E-state index in [1.807, 2.05) is 5.38 Å². The van der Waals surface area contributed by atoms with E-state index >= 15 is 0 Å². The van der Waals surface area contributed by atoms with Crippen LogP contribution in [0.15, 0.2) is 33.5 Å². The first-order valence-electron chi connectivity index (χ1n) is 8.28. The fraction of sp³-hybridized carbons (Fsp3) is 0.316. The average molecular weight is 389 g/mol. The maximum atomic E-state index is 12.6. The van der Waals surface area contributed by atoms with Gasteiger partial charge in [-0.25, -0.2) is 4.98 Å². The molecule has 0 aliphatic rings. The van der Waals surface area contributed by atoms with E-state index in [-0.39, 0.29) is 11.5 Å².